The van der Waals surface area contributed by atoms with Gasteiger partial charge in [0.1, 0.15) is 11.6 Å². The van der Waals surface area contributed by atoms with Crippen LogP contribution in [0, 0.1) is 25.5 Å². The monoisotopic (exact) mass is 354 g/mol. The maximum Gasteiger partial charge on any atom is 0.276 e. The lowest BCUT2D eigenvalue weighted by molar-refractivity contribution is 0.102. The molecule has 0 unspecified atom stereocenters. The number of amides is 1. The summed E-state index contributed by atoms with van der Waals surface area (Å²) in [5.41, 5.74) is 2.92. The number of nitrogens with one attached hydrogen (secondary N) is 2. The fourth-order valence-electron chi connectivity index (χ4n) is 2.49. The summed E-state index contributed by atoms with van der Waals surface area (Å²) in [5.74, 6) is -1.58. The number of hydrogen-bond donors (Lipinski definition) is 2. The number of hydrogen-bond acceptors (Lipinski definition) is 4. The van der Waals surface area contributed by atoms with Crippen molar-refractivity contribution in [2.45, 2.75) is 13.8 Å². The minimum atomic E-state index is -0.747. The quantitative estimate of drug-likeness (QED) is 0.730. The van der Waals surface area contributed by atoms with E-state index >= 15 is 0 Å². The van der Waals surface area contributed by atoms with Crippen LogP contribution < -0.4 is 10.6 Å². The van der Waals surface area contributed by atoms with Gasteiger partial charge in [0.2, 0.25) is 0 Å². The molecule has 2 N–H and O–H groups in total. The van der Waals surface area contributed by atoms with Gasteiger partial charge < -0.3 is 10.6 Å². The molecular weight excluding hydrogens is 338 g/mol. The summed E-state index contributed by atoms with van der Waals surface area (Å²) in [5, 5.41) is 13.1. The molecule has 0 saturated carbocycles. The first-order valence-electron chi connectivity index (χ1n) is 7.86. The van der Waals surface area contributed by atoms with E-state index in [0.717, 1.165) is 23.3 Å². The largest absolute Gasteiger partial charge is 0.336 e. The van der Waals surface area contributed by atoms with E-state index in [1.54, 1.807) is 0 Å². The van der Waals surface area contributed by atoms with Crippen LogP contribution in [-0.4, -0.2) is 16.1 Å². The third-order valence-electron chi connectivity index (χ3n) is 3.57. The Hall–Kier alpha value is -3.35. The second-order valence-electron chi connectivity index (χ2n) is 5.88. The first-order valence-corrected chi connectivity index (χ1v) is 7.86. The number of carbonyl (C=O) groups is 1. The van der Waals surface area contributed by atoms with E-state index in [1.807, 2.05) is 32.0 Å². The number of anilines is 3. The molecular formula is C19H16F2N4O. The first kappa shape index (κ1) is 17.5. The SMILES string of the molecule is Cc1cc(C)cc(NC(=O)c2ccc(Nc3ccc(F)cc3F)nn2)c1. The summed E-state index contributed by atoms with van der Waals surface area (Å²) in [6, 6.07) is 11.8. The lowest BCUT2D eigenvalue weighted by atomic mass is 10.1. The fraction of sp³-hybridized carbons (Fsp3) is 0.105. The van der Waals surface area contributed by atoms with Crippen LogP contribution in [0.25, 0.3) is 0 Å². The van der Waals surface area contributed by atoms with Crippen LogP contribution in [0.3, 0.4) is 0 Å². The van der Waals surface area contributed by atoms with Gasteiger partial charge in [-0.05, 0) is 61.4 Å². The van der Waals surface area contributed by atoms with Crippen molar-refractivity contribution in [2.75, 3.05) is 10.6 Å². The molecule has 1 heterocycles. The molecule has 26 heavy (non-hydrogen) atoms. The van der Waals surface area contributed by atoms with E-state index in [4.69, 9.17) is 0 Å². The molecule has 0 aliphatic carbocycles. The first-order chi connectivity index (χ1) is 12.4. The van der Waals surface area contributed by atoms with Crippen LogP contribution in [0.1, 0.15) is 21.6 Å². The topological polar surface area (TPSA) is 66.9 Å². The van der Waals surface area contributed by atoms with Gasteiger partial charge in [-0.1, -0.05) is 6.07 Å². The van der Waals surface area contributed by atoms with Crippen molar-refractivity contribution in [3.8, 4) is 0 Å². The molecule has 0 radical (unpaired) electrons. The summed E-state index contributed by atoms with van der Waals surface area (Å²) in [6.45, 7) is 3.88. The summed E-state index contributed by atoms with van der Waals surface area (Å²) in [4.78, 5) is 12.3. The van der Waals surface area contributed by atoms with Crippen LogP contribution >= 0.6 is 0 Å². The lowest BCUT2D eigenvalue weighted by Crippen LogP contribution is -2.14. The average molecular weight is 354 g/mol. The molecule has 1 amide bonds. The van der Waals surface area contributed by atoms with Gasteiger partial charge in [-0.15, -0.1) is 10.2 Å². The minimum Gasteiger partial charge on any atom is -0.336 e. The highest BCUT2D eigenvalue weighted by atomic mass is 19.1. The number of aryl methyl sites for hydroxylation is 2. The summed E-state index contributed by atoms with van der Waals surface area (Å²) >= 11 is 0. The van der Waals surface area contributed by atoms with Gasteiger partial charge in [-0.25, -0.2) is 8.78 Å². The predicted molar refractivity (Wildman–Crippen MR) is 95.5 cm³/mol. The van der Waals surface area contributed by atoms with Crippen molar-refractivity contribution in [2.24, 2.45) is 0 Å². The third kappa shape index (κ3) is 4.18. The zero-order chi connectivity index (χ0) is 18.7. The number of halogens is 2. The van der Waals surface area contributed by atoms with Crippen molar-refractivity contribution >= 4 is 23.1 Å². The Morgan fingerprint density at radius 1 is 0.923 bits per heavy atom. The van der Waals surface area contributed by atoms with Gasteiger partial charge in [-0.3, -0.25) is 4.79 Å². The second-order valence-corrected chi connectivity index (χ2v) is 5.88. The Balaban J connectivity index is 1.71. The Kier molecular flexibility index (Phi) is 4.88. The highest BCUT2D eigenvalue weighted by Crippen LogP contribution is 2.19. The molecule has 0 spiro atoms. The van der Waals surface area contributed by atoms with Crippen LogP contribution in [-0.2, 0) is 0 Å². The molecule has 7 heteroatoms. The molecule has 1 aromatic heterocycles. The summed E-state index contributed by atoms with van der Waals surface area (Å²) < 4.78 is 26.6. The average Bonchev–Trinajstić information content (AvgIpc) is 2.57. The van der Waals surface area contributed by atoms with Crippen molar-refractivity contribution in [3.63, 3.8) is 0 Å². The second kappa shape index (κ2) is 7.26. The smallest absolute Gasteiger partial charge is 0.276 e. The minimum absolute atomic E-state index is 0.0631. The summed E-state index contributed by atoms with van der Waals surface area (Å²) in [6.07, 6.45) is 0. The molecule has 5 nitrogen and oxygen atoms in total. The van der Waals surface area contributed by atoms with Crippen LogP contribution in [0.4, 0.5) is 26.0 Å². The molecule has 0 saturated heterocycles. The van der Waals surface area contributed by atoms with Crippen molar-refractivity contribution in [3.05, 3.63) is 77.0 Å². The van der Waals surface area contributed by atoms with E-state index in [-0.39, 0.29) is 17.2 Å². The van der Waals surface area contributed by atoms with Crippen molar-refractivity contribution in [1.29, 1.82) is 0 Å². The molecule has 0 bridgehead atoms. The van der Waals surface area contributed by atoms with Crippen molar-refractivity contribution in [1.82, 2.24) is 10.2 Å². The highest BCUT2D eigenvalue weighted by molar-refractivity contribution is 6.02. The third-order valence-corrected chi connectivity index (χ3v) is 3.57. The normalized spacial score (nSPS) is 10.5. The van der Waals surface area contributed by atoms with Crippen LogP contribution in [0.2, 0.25) is 0 Å². The van der Waals surface area contributed by atoms with E-state index < -0.39 is 17.5 Å². The van der Waals surface area contributed by atoms with E-state index in [9.17, 15) is 13.6 Å². The number of nitrogens with zero attached hydrogens (tertiary/aromatic N) is 2. The zero-order valence-corrected chi connectivity index (χ0v) is 14.2. The van der Waals surface area contributed by atoms with E-state index in [0.29, 0.717) is 5.69 Å². The predicted octanol–water partition coefficient (Wildman–Crippen LogP) is 4.37. The number of rotatable bonds is 4. The van der Waals surface area contributed by atoms with Gasteiger partial charge in [0.05, 0.1) is 5.69 Å². The molecule has 0 aliphatic rings. The molecule has 2 aromatic carbocycles. The summed E-state index contributed by atoms with van der Waals surface area (Å²) in [7, 11) is 0. The molecule has 0 aliphatic heterocycles. The molecule has 132 valence electrons. The highest BCUT2D eigenvalue weighted by Gasteiger charge is 2.10. The molecule has 0 atom stereocenters. The van der Waals surface area contributed by atoms with Gasteiger partial charge in [0, 0.05) is 11.8 Å². The van der Waals surface area contributed by atoms with Gasteiger partial charge in [-0.2, -0.15) is 0 Å². The van der Waals surface area contributed by atoms with Crippen LogP contribution in [0.15, 0.2) is 48.5 Å². The molecule has 0 fully saturated rings. The number of aromatic nitrogens is 2. The van der Waals surface area contributed by atoms with E-state index in [2.05, 4.69) is 20.8 Å². The maximum atomic E-state index is 13.6. The molecule has 3 aromatic rings. The van der Waals surface area contributed by atoms with E-state index in [1.165, 1.54) is 18.2 Å². The van der Waals surface area contributed by atoms with Crippen molar-refractivity contribution < 1.29 is 13.6 Å². The Morgan fingerprint density at radius 2 is 1.65 bits per heavy atom. The lowest BCUT2D eigenvalue weighted by Gasteiger charge is -2.08. The maximum absolute atomic E-state index is 13.6. The van der Waals surface area contributed by atoms with Gasteiger partial charge in [0.25, 0.3) is 5.91 Å². The van der Waals surface area contributed by atoms with Crippen LogP contribution in [0.5, 0.6) is 0 Å². The molecule has 3 rings (SSSR count). The van der Waals surface area contributed by atoms with Gasteiger partial charge in [0.15, 0.2) is 11.5 Å². The fourth-order valence-corrected chi connectivity index (χ4v) is 2.49. The number of benzene rings is 2. The standard InChI is InChI=1S/C19H16F2N4O/c1-11-7-12(2)9-14(8-11)22-19(26)17-5-6-18(25-24-17)23-16-4-3-13(20)10-15(16)21/h3-10H,1-2H3,(H,22,26)(H,23,25). The number of carbonyl (C=O) groups excluding carboxylic acids is 1. The Bertz CT molecular complexity index is 938. The van der Waals surface area contributed by atoms with Gasteiger partial charge >= 0.3 is 0 Å². The Labute approximate surface area is 149 Å². The Morgan fingerprint density at radius 3 is 2.27 bits per heavy atom. The zero-order valence-electron chi connectivity index (χ0n) is 14.2.